The summed E-state index contributed by atoms with van der Waals surface area (Å²) in [6, 6.07) is 6.21. The van der Waals surface area contributed by atoms with Gasteiger partial charge in [0.2, 0.25) is 0 Å². The number of sulfonamides is 1. The zero-order chi connectivity index (χ0) is 28.8. The van der Waals surface area contributed by atoms with Gasteiger partial charge in [-0.25, -0.2) is 17.9 Å². The van der Waals surface area contributed by atoms with Crippen LogP contribution < -0.4 is 4.72 Å². The van der Waals surface area contributed by atoms with Crippen molar-refractivity contribution in [3.63, 3.8) is 0 Å². The predicted molar refractivity (Wildman–Crippen MR) is 146 cm³/mol. The molecule has 0 aromatic heterocycles. The lowest BCUT2D eigenvalue weighted by Crippen LogP contribution is -2.52. The van der Waals surface area contributed by atoms with Crippen LogP contribution >= 0.6 is 0 Å². The Morgan fingerprint density at radius 3 is 2.50 bits per heavy atom. The molecule has 3 fully saturated rings. The van der Waals surface area contributed by atoms with Gasteiger partial charge >= 0.3 is 6.09 Å². The van der Waals surface area contributed by atoms with E-state index in [2.05, 4.69) is 11.8 Å². The number of hydrogen-bond acceptors (Lipinski definition) is 10. The van der Waals surface area contributed by atoms with E-state index in [4.69, 9.17) is 28.4 Å². The highest BCUT2D eigenvalue weighted by Crippen LogP contribution is 2.40. The summed E-state index contributed by atoms with van der Waals surface area (Å²) in [6.07, 6.45) is 0.991. The van der Waals surface area contributed by atoms with Crippen molar-refractivity contribution in [3.05, 3.63) is 29.8 Å². The summed E-state index contributed by atoms with van der Waals surface area (Å²) in [5.41, 5.74) is 0.903. The minimum atomic E-state index is -4.13. The van der Waals surface area contributed by atoms with E-state index in [-0.39, 0.29) is 4.90 Å². The van der Waals surface area contributed by atoms with Crippen LogP contribution in [0.5, 0.6) is 0 Å². The van der Waals surface area contributed by atoms with Crippen molar-refractivity contribution < 1.29 is 41.6 Å². The Morgan fingerprint density at radius 1 is 1.10 bits per heavy atom. The number of fused-ring (bicyclic) bond motifs is 1. The Morgan fingerprint density at radius 2 is 1.80 bits per heavy atom. The van der Waals surface area contributed by atoms with Gasteiger partial charge in [-0.15, -0.1) is 0 Å². The molecule has 1 aromatic rings. The summed E-state index contributed by atoms with van der Waals surface area (Å²) in [5, 5.41) is 0. The molecule has 4 rings (SSSR count). The monoisotopic (exact) mass is 584 g/mol. The van der Waals surface area contributed by atoms with E-state index in [1.54, 1.807) is 12.1 Å². The van der Waals surface area contributed by atoms with E-state index < -0.39 is 52.6 Å². The maximum Gasteiger partial charge on any atom is 0.421 e. The third-order valence-electron chi connectivity index (χ3n) is 7.30. The molecule has 0 radical (unpaired) electrons. The van der Waals surface area contributed by atoms with Crippen LogP contribution in [-0.4, -0.2) is 95.4 Å². The number of carbonyl (C=O) groups excluding carboxylic acids is 1. The maximum atomic E-state index is 13.0. The molecule has 5 atom stereocenters. The van der Waals surface area contributed by atoms with Crippen LogP contribution in [0.2, 0.25) is 0 Å². The average Bonchev–Trinajstić information content (AvgIpc) is 3.38. The highest BCUT2D eigenvalue weighted by atomic mass is 32.2. The number of hydrogen-bond donors (Lipinski definition) is 1. The number of aryl methyl sites for hydroxylation is 1. The van der Waals surface area contributed by atoms with Crippen LogP contribution in [0.25, 0.3) is 0 Å². The first-order valence-corrected chi connectivity index (χ1v) is 15.8. The number of unbranched alkanes of at least 4 members (excludes halogenated alkanes) is 4. The number of rotatable bonds is 13. The summed E-state index contributed by atoms with van der Waals surface area (Å²) in [5.74, 6) is -0.844. The number of morpholine rings is 1. The molecule has 1 N–H and O–H groups in total. The van der Waals surface area contributed by atoms with Crippen LogP contribution in [0.15, 0.2) is 29.2 Å². The summed E-state index contributed by atoms with van der Waals surface area (Å²) in [7, 11) is -4.13. The van der Waals surface area contributed by atoms with E-state index in [0.29, 0.717) is 39.5 Å². The van der Waals surface area contributed by atoms with Crippen molar-refractivity contribution >= 4 is 16.1 Å². The third-order valence-corrected chi connectivity index (χ3v) is 8.63. The van der Waals surface area contributed by atoms with Crippen molar-refractivity contribution in [3.8, 4) is 0 Å². The van der Waals surface area contributed by atoms with E-state index in [1.807, 2.05) is 25.5 Å². The van der Waals surface area contributed by atoms with Gasteiger partial charge in [-0.1, -0.05) is 50.3 Å². The van der Waals surface area contributed by atoms with Gasteiger partial charge in [-0.3, -0.25) is 4.90 Å². The van der Waals surface area contributed by atoms with Crippen LogP contribution in [0, 0.1) is 6.92 Å². The minimum Gasteiger partial charge on any atom is -0.441 e. The molecule has 3 aliphatic heterocycles. The van der Waals surface area contributed by atoms with Gasteiger partial charge in [0, 0.05) is 26.2 Å². The summed E-state index contributed by atoms with van der Waals surface area (Å²) in [6.45, 7) is 10.9. The molecular formula is C28H44N2O9S. The molecule has 12 heteroatoms. The SMILES string of the molecule is CCCCCCCO[C@@H]1[C@H]2OC(C)(C)O[C@H]2O[C@@H]1[C@@H](CN1CCOCC1)OC(=O)NS(=O)(=O)c1ccc(C)cc1. The molecule has 3 heterocycles. The van der Waals surface area contributed by atoms with E-state index in [1.165, 1.54) is 18.6 Å². The number of carbonyl (C=O) groups is 1. The first-order valence-electron chi connectivity index (χ1n) is 14.3. The lowest BCUT2D eigenvalue weighted by molar-refractivity contribution is -0.230. The number of amides is 1. The molecule has 11 nitrogen and oxygen atoms in total. The van der Waals surface area contributed by atoms with Crippen LogP contribution in [0.4, 0.5) is 4.79 Å². The Kier molecular flexibility index (Phi) is 10.8. The van der Waals surface area contributed by atoms with Crippen molar-refractivity contribution in [1.29, 1.82) is 0 Å². The molecule has 3 saturated heterocycles. The van der Waals surface area contributed by atoms with Gasteiger partial charge in [0.1, 0.15) is 24.4 Å². The van der Waals surface area contributed by atoms with E-state index in [0.717, 1.165) is 31.2 Å². The number of benzene rings is 1. The zero-order valence-corrected chi connectivity index (χ0v) is 24.8. The largest absolute Gasteiger partial charge is 0.441 e. The highest BCUT2D eigenvalue weighted by molar-refractivity contribution is 7.90. The van der Waals surface area contributed by atoms with Crippen LogP contribution in [0.1, 0.15) is 58.4 Å². The second-order valence-corrected chi connectivity index (χ2v) is 12.8. The molecule has 0 saturated carbocycles. The normalized spacial score (nSPS) is 27.3. The Hall–Kier alpha value is -1.80. The third kappa shape index (κ3) is 8.37. The first kappa shape index (κ1) is 31.1. The Bertz CT molecular complexity index is 1060. The molecule has 1 aromatic carbocycles. The summed E-state index contributed by atoms with van der Waals surface area (Å²) >= 11 is 0. The molecule has 0 spiro atoms. The predicted octanol–water partition coefficient (Wildman–Crippen LogP) is 3.34. The Balaban J connectivity index is 1.49. The second-order valence-electron chi connectivity index (χ2n) is 11.1. The highest BCUT2D eigenvalue weighted by Gasteiger charge is 2.58. The van der Waals surface area contributed by atoms with Gasteiger partial charge in [0.05, 0.1) is 18.1 Å². The minimum absolute atomic E-state index is 0.0280. The topological polar surface area (TPSA) is 122 Å². The number of nitrogens with zero attached hydrogens (tertiary/aromatic N) is 1. The molecular weight excluding hydrogens is 540 g/mol. The van der Waals surface area contributed by atoms with Gasteiger partial charge in [0.25, 0.3) is 10.0 Å². The average molecular weight is 585 g/mol. The smallest absolute Gasteiger partial charge is 0.421 e. The van der Waals surface area contributed by atoms with Gasteiger partial charge in [-0.05, 0) is 39.3 Å². The Labute approximate surface area is 237 Å². The molecule has 0 unspecified atom stereocenters. The quantitative estimate of drug-likeness (QED) is 0.346. The van der Waals surface area contributed by atoms with Gasteiger partial charge in [-0.2, -0.15) is 0 Å². The fourth-order valence-electron chi connectivity index (χ4n) is 5.21. The maximum absolute atomic E-state index is 13.0. The molecule has 40 heavy (non-hydrogen) atoms. The molecule has 1 amide bonds. The van der Waals surface area contributed by atoms with Crippen molar-refractivity contribution in [2.45, 2.75) is 101 Å². The van der Waals surface area contributed by atoms with Crippen molar-refractivity contribution in [1.82, 2.24) is 9.62 Å². The number of ether oxygens (including phenoxy) is 6. The lowest BCUT2D eigenvalue weighted by Gasteiger charge is -2.35. The molecule has 0 aliphatic carbocycles. The fourth-order valence-corrected chi connectivity index (χ4v) is 6.09. The van der Waals surface area contributed by atoms with Crippen LogP contribution in [-0.2, 0) is 38.4 Å². The molecule has 0 bridgehead atoms. The fraction of sp³-hybridized carbons (Fsp3) is 0.750. The molecule has 226 valence electrons. The standard InChI is InChI=1S/C28H44N2O9S/c1-5-6-7-8-9-16-35-24-23(37-26-25(24)38-28(3,4)39-26)22(19-30-14-17-34-18-15-30)36-27(31)29-40(32,33)21-12-10-20(2)11-13-21/h10-13,22-26H,5-9,14-19H2,1-4H3,(H,29,31)/t22-,23-,24+,25-,26-/m1/s1. The zero-order valence-electron chi connectivity index (χ0n) is 24.0. The van der Waals surface area contributed by atoms with E-state index in [9.17, 15) is 13.2 Å². The van der Waals surface area contributed by atoms with Gasteiger partial charge < -0.3 is 28.4 Å². The summed E-state index contributed by atoms with van der Waals surface area (Å²) < 4.78 is 63.8. The lowest BCUT2D eigenvalue weighted by atomic mass is 10.0. The summed E-state index contributed by atoms with van der Waals surface area (Å²) in [4.78, 5) is 15.1. The van der Waals surface area contributed by atoms with E-state index >= 15 is 0 Å². The number of nitrogens with one attached hydrogen (secondary N) is 1. The van der Waals surface area contributed by atoms with Crippen molar-refractivity contribution in [2.24, 2.45) is 0 Å². The van der Waals surface area contributed by atoms with Crippen molar-refractivity contribution in [2.75, 3.05) is 39.5 Å². The van der Waals surface area contributed by atoms with Gasteiger partial charge in [0.15, 0.2) is 12.1 Å². The second kappa shape index (κ2) is 13.9. The molecule has 3 aliphatic rings. The first-order chi connectivity index (χ1) is 19.1. The van der Waals surface area contributed by atoms with Crippen LogP contribution in [0.3, 0.4) is 0 Å².